The number of benzene rings is 1. The predicted octanol–water partition coefficient (Wildman–Crippen LogP) is 0.789. The van der Waals surface area contributed by atoms with Crippen LogP contribution in [0.15, 0.2) is 35.2 Å². The van der Waals surface area contributed by atoms with Crippen LogP contribution in [0.25, 0.3) is 0 Å². The molecule has 22 heavy (non-hydrogen) atoms. The molecule has 7 nitrogen and oxygen atoms in total. The number of carbonyl (C=O) groups is 3. The standard InChI is InChI=1S/C12H18N2OS.C2H2O4/c13-12(15)7-9-14-8-4-10-16-11-5-2-1-3-6-11;3-1(4)2(5)6/h1-3,5-6,14H,4,7-10H2,(H2,13,15);(H,3,4)(H,5,6). The molecule has 0 aliphatic heterocycles. The van der Waals surface area contributed by atoms with Crippen LogP contribution in [0.5, 0.6) is 0 Å². The molecule has 0 saturated carbocycles. The lowest BCUT2D eigenvalue weighted by Gasteiger charge is -2.03. The molecule has 0 aliphatic rings. The number of hydrogen-bond donors (Lipinski definition) is 4. The fraction of sp³-hybridized carbons (Fsp3) is 0.357. The second-order valence-corrected chi connectivity index (χ2v) is 5.26. The van der Waals surface area contributed by atoms with E-state index >= 15 is 0 Å². The van der Waals surface area contributed by atoms with Crippen LogP contribution in [0.3, 0.4) is 0 Å². The number of aliphatic carboxylic acids is 2. The van der Waals surface area contributed by atoms with Gasteiger partial charge in [0.25, 0.3) is 0 Å². The summed E-state index contributed by atoms with van der Waals surface area (Å²) < 4.78 is 0. The van der Waals surface area contributed by atoms with Crippen molar-refractivity contribution in [3.05, 3.63) is 30.3 Å². The predicted molar refractivity (Wildman–Crippen MR) is 83.7 cm³/mol. The largest absolute Gasteiger partial charge is 0.473 e. The highest BCUT2D eigenvalue weighted by molar-refractivity contribution is 7.99. The van der Waals surface area contributed by atoms with Crippen LogP contribution in [0.2, 0.25) is 0 Å². The number of carboxylic acids is 2. The Morgan fingerprint density at radius 3 is 2.14 bits per heavy atom. The Balaban J connectivity index is 0.000000626. The van der Waals surface area contributed by atoms with Crippen LogP contribution >= 0.6 is 11.8 Å². The summed E-state index contributed by atoms with van der Waals surface area (Å²) in [6, 6.07) is 10.4. The number of thioether (sulfide) groups is 1. The lowest BCUT2D eigenvalue weighted by atomic mass is 10.4. The Morgan fingerprint density at radius 2 is 1.64 bits per heavy atom. The molecule has 1 amide bonds. The minimum atomic E-state index is -1.82. The zero-order valence-electron chi connectivity index (χ0n) is 12.0. The van der Waals surface area contributed by atoms with E-state index < -0.39 is 11.9 Å². The highest BCUT2D eigenvalue weighted by atomic mass is 32.2. The lowest BCUT2D eigenvalue weighted by Crippen LogP contribution is -2.23. The molecular weight excluding hydrogens is 308 g/mol. The van der Waals surface area contributed by atoms with E-state index in [1.54, 1.807) is 0 Å². The van der Waals surface area contributed by atoms with E-state index in [4.69, 9.17) is 25.5 Å². The summed E-state index contributed by atoms with van der Waals surface area (Å²) in [7, 11) is 0. The van der Waals surface area contributed by atoms with E-state index in [9.17, 15) is 4.79 Å². The molecule has 5 N–H and O–H groups in total. The summed E-state index contributed by atoms with van der Waals surface area (Å²) in [5, 5.41) is 18.0. The summed E-state index contributed by atoms with van der Waals surface area (Å²) in [4.78, 5) is 30.0. The van der Waals surface area contributed by atoms with Crippen molar-refractivity contribution in [1.82, 2.24) is 5.32 Å². The van der Waals surface area contributed by atoms with Crippen molar-refractivity contribution < 1.29 is 24.6 Å². The molecule has 122 valence electrons. The van der Waals surface area contributed by atoms with E-state index in [1.165, 1.54) is 4.90 Å². The molecule has 0 unspecified atom stereocenters. The number of carboxylic acid groups (broad SMARTS) is 2. The van der Waals surface area contributed by atoms with Crippen molar-refractivity contribution in [3.8, 4) is 0 Å². The fourth-order valence-electron chi connectivity index (χ4n) is 1.24. The van der Waals surface area contributed by atoms with Crippen molar-refractivity contribution >= 4 is 29.6 Å². The highest BCUT2D eigenvalue weighted by Crippen LogP contribution is 2.17. The van der Waals surface area contributed by atoms with E-state index in [2.05, 4.69) is 17.4 Å². The SMILES string of the molecule is NC(=O)CCNCCCSc1ccccc1.O=C(O)C(=O)O. The Bertz CT molecular complexity index is 456. The number of carbonyl (C=O) groups excluding carboxylic acids is 1. The van der Waals surface area contributed by atoms with E-state index in [0.717, 1.165) is 18.7 Å². The molecule has 0 saturated heterocycles. The first-order valence-electron chi connectivity index (χ1n) is 6.56. The van der Waals surface area contributed by atoms with Gasteiger partial charge in [-0.2, -0.15) is 0 Å². The first-order valence-corrected chi connectivity index (χ1v) is 7.55. The van der Waals surface area contributed by atoms with Crippen molar-refractivity contribution in [3.63, 3.8) is 0 Å². The zero-order valence-corrected chi connectivity index (χ0v) is 12.8. The average Bonchev–Trinajstić information content (AvgIpc) is 2.47. The Labute approximate surface area is 132 Å². The third-order valence-electron chi connectivity index (χ3n) is 2.24. The second kappa shape index (κ2) is 12.7. The van der Waals surface area contributed by atoms with E-state index in [1.807, 2.05) is 30.0 Å². The topological polar surface area (TPSA) is 130 Å². The monoisotopic (exact) mass is 328 g/mol. The number of nitrogens with one attached hydrogen (secondary N) is 1. The maximum absolute atomic E-state index is 10.5. The molecule has 0 atom stereocenters. The van der Waals surface area contributed by atoms with Gasteiger partial charge in [0.15, 0.2) is 0 Å². The zero-order chi connectivity index (χ0) is 16.8. The molecule has 1 aromatic carbocycles. The third kappa shape index (κ3) is 12.9. The van der Waals surface area contributed by atoms with Gasteiger partial charge in [-0.15, -0.1) is 11.8 Å². The third-order valence-corrected chi connectivity index (χ3v) is 3.34. The van der Waals surface area contributed by atoms with Crippen LogP contribution in [-0.2, 0) is 14.4 Å². The van der Waals surface area contributed by atoms with Gasteiger partial charge < -0.3 is 21.3 Å². The maximum atomic E-state index is 10.5. The number of rotatable bonds is 8. The van der Waals surface area contributed by atoms with Gasteiger partial charge >= 0.3 is 11.9 Å². The van der Waals surface area contributed by atoms with Crippen molar-refractivity contribution in [2.24, 2.45) is 5.73 Å². The van der Waals surface area contributed by atoms with Crippen LogP contribution in [-0.4, -0.2) is 46.9 Å². The molecule has 0 heterocycles. The molecule has 0 spiro atoms. The highest BCUT2D eigenvalue weighted by Gasteiger charge is 2.04. The van der Waals surface area contributed by atoms with Gasteiger partial charge in [-0.3, -0.25) is 4.79 Å². The van der Waals surface area contributed by atoms with Crippen LogP contribution in [0, 0.1) is 0 Å². The van der Waals surface area contributed by atoms with Gasteiger partial charge in [0, 0.05) is 17.9 Å². The Kier molecular flexibility index (Phi) is 11.5. The number of hydrogen-bond acceptors (Lipinski definition) is 5. The quantitative estimate of drug-likeness (QED) is 0.315. The van der Waals surface area contributed by atoms with Crippen LogP contribution in [0.4, 0.5) is 0 Å². The summed E-state index contributed by atoms with van der Waals surface area (Å²) in [6.45, 7) is 1.62. The van der Waals surface area contributed by atoms with E-state index in [0.29, 0.717) is 13.0 Å². The van der Waals surface area contributed by atoms with Gasteiger partial charge in [-0.05, 0) is 30.9 Å². The van der Waals surface area contributed by atoms with Gasteiger partial charge in [-0.25, -0.2) is 9.59 Å². The summed E-state index contributed by atoms with van der Waals surface area (Å²) in [5.41, 5.74) is 5.03. The molecule has 0 fully saturated rings. The first kappa shape index (κ1) is 19.9. The van der Waals surface area contributed by atoms with E-state index in [-0.39, 0.29) is 5.91 Å². The van der Waals surface area contributed by atoms with Gasteiger partial charge in [0.2, 0.25) is 5.91 Å². The molecule has 0 aromatic heterocycles. The second-order valence-electron chi connectivity index (χ2n) is 4.09. The number of amides is 1. The van der Waals surface area contributed by atoms with Gasteiger partial charge in [-0.1, -0.05) is 18.2 Å². The normalized spacial score (nSPS) is 9.45. The minimum absolute atomic E-state index is 0.244. The molecule has 1 aromatic rings. The van der Waals surface area contributed by atoms with Crippen LogP contribution < -0.4 is 11.1 Å². The molecule has 0 aliphatic carbocycles. The maximum Gasteiger partial charge on any atom is 0.414 e. The number of primary amides is 1. The molecule has 0 radical (unpaired) electrons. The van der Waals surface area contributed by atoms with Crippen molar-refractivity contribution in [2.75, 3.05) is 18.8 Å². The summed E-state index contributed by atoms with van der Waals surface area (Å²) >= 11 is 1.85. The van der Waals surface area contributed by atoms with Gasteiger partial charge in [0.1, 0.15) is 0 Å². The lowest BCUT2D eigenvalue weighted by molar-refractivity contribution is -0.159. The number of nitrogens with two attached hydrogens (primary N) is 1. The minimum Gasteiger partial charge on any atom is -0.473 e. The van der Waals surface area contributed by atoms with Crippen LogP contribution in [0.1, 0.15) is 12.8 Å². The van der Waals surface area contributed by atoms with Crippen molar-refractivity contribution in [1.29, 1.82) is 0 Å². The molecular formula is C14H20N2O5S. The van der Waals surface area contributed by atoms with Gasteiger partial charge in [0.05, 0.1) is 0 Å². The fourth-order valence-corrected chi connectivity index (χ4v) is 2.11. The average molecular weight is 328 g/mol. The smallest absolute Gasteiger partial charge is 0.414 e. The Morgan fingerprint density at radius 1 is 1.05 bits per heavy atom. The Hall–Kier alpha value is -2.06. The molecule has 0 bridgehead atoms. The van der Waals surface area contributed by atoms with Crippen molar-refractivity contribution in [2.45, 2.75) is 17.7 Å². The summed E-state index contributed by atoms with van der Waals surface area (Å²) in [6.07, 6.45) is 1.52. The molecule has 8 heteroatoms. The summed E-state index contributed by atoms with van der Waals surface area (Å²) in [5.74, 6) is -2.80. The molecule has 1 rings (SSSR count). The first-order chi connectivity index (χ1) is 10.4.